The lowest BCUT2D eigenvalue weighted by Gasteiger charge is -2.12. The third-order valence-corrected chi connectivity index (χ3v) is 5.93. The van der Waals surface area contributed by atoms with Gasteiger partial charge in [0.25, 0.3) is 0 Å². The van der Waals surface area contributed by atoms with E-state index in [1.807, 2.05) is 50.2 Å². The molecule has 6 aromatic rings. The SMILES string of the molecule is Cc1coc(CC(=O)Cc2ccc3ncnc(Nc4ccc(Oc5cc6nncn6cn5)c(C)c4)c3c2)n1. The molecule has 0 fully saturated rings. The minimum Gasteiger partial charge on any atom is -0.448 e. The highest BCUT2D eigenvalue weighted by Gasteiger charge is 2.12. The first kappa shape index (κ1) is 23.2. The molecule has 0 unspecified atom stereocenters. The summed E-state index contributed by atoms with van der Waals surface area (Å²) >= 11 is 0. The molecular formula is C27H22N8O3. The van der Waals surface area contributed by atoms with Crippen LogP contribution in [0.5, 0.6) is 11.6 Å². The van der Waals surface area contributed by atoms with Gasteiger partial charge in [0.05, 0.1) is 17.6 Å². The second kappa shape index (κ2) is 9.69. The Morgan fingerprint density at radius 3 is 2.79 bits per heavy atom. The summed E-state index contributed by atoms with van der Waals surface area (Å²) in [7, 11) is 0. The molecule has 0 saturated heterocycles. The molecule has 38 heavy (non-hydrogen) atoms. The Hall–Kier alpha value is -5.19. The molecular weight excluding hydrogens is 484 g/mol. The van der Waals surface area contributed by atoms with E-state index in [4.69, 9.17) is 9.15 Å². The molecule has 4 aromatic heterocycles. The number of rotatable bonds is 8. The third-order valence-electron chi connectivity index (χ3n) is 5.93. The van der Waals surface area contributed by atoms with Gasteiger partial charge in [-0.1, -0.05) is 6.07 Å². The molecule has 11 heteroatoms. The van der Waals surface area contributed by atoms with Crippen molar-refractivity contribution in [3.63, 3.8) is 0 Å². The number of hydrogen-bond acceptors (Lipinski definition) is 10. The molecule has 1 N–H and O–H groups in total. The molecule has 0 spiro atoms. The Kier molecular flexibility index (Phi) is 5.92. The number of carbonyl (C=O) groups excluding carboxylic acids is 1. The van der Waals surface area contributed by atoms with E-state index in [1.165, 1.54) is 6.33 Å². The summed E-state index contributed by atoms with van der Waals surface area (Å²) in [6.45, 7) is 3.78. The molecule has 6 rings (SSSR count). The molecule has 188 valence electrons. The Balaban J connectivity index is 1.20. The Bertz CT molecular complexity index is 1790. The third kappa shape index (κ3) is 4.89. The van der Waals surface area contributed by atoms with Crippen molar-refractivity contribution in [2.24, 2.45) is 0 Å². The van der Waals surface area contributed by atoms with Crippen LogP contribution in [0.1, 0.15) is 22.7 Å². The quantitative estimate of drug-likeness (QED) is 0.313. The highest BCUT2D eigenvalue weighted by atomic mass is 16.5. The van der Waals surface area contributed by atoms with Crippen LogP contribution < -0.4 is 10.1 Å². The predicted octanol–water partition coefficient (Wildman–Crippen LogP) is 4.56. The van der Waals surface area contributed by atoms with Gasteiger partial charge in [-0.25, -0.2) is 19.9 Å². The number of aryl methyl sites for hydroxylation is 2. The predicted molar refractivity (Wildman–Crippen MR) is 139 cm³/mol. The molecule has 0 atom stereocenters. The first-order valence-corrected chi connectivity index (χ1v) is 11.9. The van der Waals surface area contributed by atoms with E-state index in [9.17, 15) is 4.79 Å². The fraction of sp³-hybridized carbons (Fsp3) is 0.148. The average molecular weight is 507 g/mol. The topological polar surface area (TPSA) is 133 Å². The van der Waals surface area contributed by atoms with Crippen LogP contribution >= 0.6 is 0 Å². The highest BCUT2D eigenvalue weighted by molar-refractivity contribution is 5.92. The number of ketones is 1. The molecule has 0 bridgehead atoms. The maximum absolute atomic E-state index is 12.6. The lowest BCUT2D eigenvalue weighted by molar-refractivity contribution is -0.118. The largest absolute Gasteiger partial charge is 0.448 e. The van der Waals surface area contributed by atoms with Crippen molar-refractivity contribution in [2.75, 3.05) is 5.32 Å². The lowest BCUT2D eigenvalue weighted by Crippen LogP contribution is -2.07. The van der Waals surface area contributed by atoms with E-state index < -0.39 is 0 Å². The van der Waals surface area contributed by atoms with Gasteiger partial charge < -0.3 is 14.5 Å². The van der Waals surface area contributed by atoms with Gasteiger partial charge in [0, 0.05) is 23.6 Å². The number of nitrogens with zero attached hydrogens (tertiary/aromatic N) is 7. The van der Waals surface area contributed by atoms with Crippen LogP contribution in [0.2, 0.25) is 0 Å². The van der Waals surface area contributed by atoms with E-state index in [-0.39, 0.29) is 18.6 Å². The van der Waals surface area contributed by atoms with Crippen molar-refractivity contribution < 1.29 is 13.9 Å². The fourth-order valence-electron chi connectivity index (χ4n) is 4.11. The molecule has 4 heterocycles. The molecule has 0 saturated carbocycles. The Morgan fingerprint density at radius 2 is 1.95 bits per heavy atom. The summed E-state index contributed by atoms with van der Waals surface area (Å²) < 4.78 is 13.0. The van der Waals surface area contributed by atoms with Gasteiger partial charge in [-0.3, -0.25) is 9.20 Å². The van der Waals surface area contributed by atoms with Gasteiger partial charge in [-0.15, -0.1) is 10.2 Å². The van der Waals surface area contributed by atoms with E-state index in [0.717, 1.165) is 33.4 Å². The number of anilines is 2. The number of carbonyl (C=O) groups is 1. The zero-order valence-corrected chi connectivity index (χ0v) is 20.6. The monoisotopic (exact) mass is 506 g/mol. The van der Waals surface area contributed by atoms with Crippen molar-refractivity contribution in [2.45, 2.75) is 26.7 Å². The van der Waals surface area contributed by atoms with Crippen molar-refractivity contribution in [1.29, 1.82) is 0 Å². The summed E-state index contributed by atoms with van der Waals surface area (Å²) in [5, 5.41) is 12.1. The molecule has 0 amide bonds. The maximum Gasteiger partial charge on any atom is 0.224 e. The van der Waals surface area contributed by atoms with Crippen molar-refractivity contribution in [1.82, 2.24) is 34.5 Å². The standard InChI is InChI=1S/C27H22N8O3/c1-16-7-19(4-6-23(16)38-25-11-24-34-31-15-35(24)14-30-25)33-27-21-9-18(3-5-22(21)28-13-29-27)8-20(36)10-26-32-17(2)12-37-26/h3-7,9,11-15H,8,10H2,1-2H3,(H,28,29,33). The van der Waals surface area contributed by atoms with Gasteiger partial charge in [0.2, 0.25) is 11.8 Å². The Labute approximate surface area is 216 Å². The highest BCUT2D eigenvalue weighted by Crippen LogP contribution is 2.29. The van der Waals surface area contributed by atoms with E-state index in [2.05, 4.69) is 35.5 Å². The van der Waals surface area contributed by atoms with Gasteiger partial charge in [-0.2, -0.15) is 0 Å². The van der Waals surface area contributed by atoms with Gasteiger partial charge in [0.1, 0.15) is 42.6 Å². The van der Waals surface area contributed by atoms with E-state index in [1.54, 1.807) is 29.4 Å². The second-order valence-electron chi connectivity index (χ2n) is 8.88. The molecule has 0 aliphatic rings. The number of ether oxygens (including phenoxy) is 1. The number of nitrogens with one attached hydrogen (secondary N) is 1. The minimum absolute atomic E-state index is 0.0152. The van der Waals surface area contributed by atoms with Gasteiger partial charge in [0.15, 0.2) is 5.65 Å². The summed E-state index contributed by atoms with van der Waals surface area (Å²) in [5.41, 5.74) is 4.77. The molecule has 0 aliphatic carbocycles. The minimum atomic E-state index is 0.0152. The zero-order chi connectivity index (χ0) is 26.1. The maximum atomic E-state index is 12.6. The van der Waals surface area contributed by atoms with Crippen LogP contribution in [0.3, 0.4) is 0 Å². The Morgan fingerprint density at radius 1 is 1.03 bits per heavy atom. The average Bonchev–Trinajstić information content (AvgIpc) is 3.54. The van der Waals surface area contributed by atoms with Crippen LogP contribution in [0, 0.1) is 13.8 Å². The number of Topliss-reactive ketones (excluding diaryl/α,β-unsaturated/α-hetero) is 1. The molecule has 11 nitrogen and oxygen atoms in total. The summed E-state index contributed by atoms with van der Waals surface area (Å²) in [5.74, 6) is 2.18. The number of fused-ring (bicyclic) bond motifs is 2. The molecule has 0 radical (unpaired) electrons. The van der Waals surface area contributed by atoms with Crippen LogP contribution in [-0.4, -0.2) is 40.3 Å². The summed E-state index contributed by atoms with van der Waals surface area (Å²) in [6, 6.07) is 13.2. The van der Waals surface area contributed by atoms with Crippen LogP contribution in [0.15, 0.2) is 72.1 Å². The normalized spacial score (nSPS) is 11.2. The molecule has 2 aromatic carbocycles. The van der Waals surface area contributed by atoms with Crippen LogP contribution in [0.4, 0.5) is 11.5 Å². The summed E-state index contributed by atoms with van der Waals surface area (Å²) in [6.07, 6.45) is 6.64. The van der Waals surface area contributed by atoms with E-state index >= 15 is 0 Å². The smallest absolute Gasteiger partial charge is 0.224 e. The number of oxazole rings is 1. The number of benzene rings is 2. The van der Waals surface area contributed by atoms with Crippen LogP contribution in [-0.2, 0) is 17.6 Å². The molecule has 0 aliphatic heterocycles. The fourth-order valence-corrected chi connectivity index (χ4v) is 4.11. The van der Waals surface area contributed by atoms with E-state index in [0.29, 0.717) is 29.0 Å². The van der Waals surface area contributed by atoms with Gasteiger partial charge in [-0.05, 0) is 55.3 Å². The first-order chi connectivity index (χ1) is 18.5. The second-order valence-corrected chi connectivity index (χ2v) is 8.88. The van der Waals surface area contributed by atoms with Crippen LogP contribution in [0.25, 0.3) is 16.6 Å². The zero-order valence-electron chi connectivity index (χ0n) is 20.6. The van der Waals surface area contributed by atoms with Gasteiger partial charge >= 0.3 is 0 Å². The number of aromatic nitrogens is 7. The first-order valence-electron chi connectivity index (χ1n) is 11.9. The van der Waals surface area contributed by atoms with Crippen molar-refractivity contribution in [3.05, 3.63) is 90.4 Å². The van der Waals surface area contributed by atoms with Crippen molar-refractivity contribution >= 4 is 33.8 Å². The lowest BCUT2D eigenvalue weighted by atomic mass is 10.0. The summed E-state index contributed by atoms with van der Waals surface area (Å²) in [4.78, 5) is 29.9. The van der Waals surface area contributed by atoms with Crippen molar-refractivity contribution in [3.8, 4) is 11.6 Å². The number of hydrogen-bond donors (Lipinski definition) is 1.